The Morgan fingerprint density at radius 2 is 2.00 bits per heavy atom. The maximum atomic E-state index is 4.80. The van der Waals surface area contributed by atoms with Crippen LogP contribution in [0.2, 0.25) is 0 Å². The highest BCUT2D eigenvalue weighted by Crippen LogP contribution is 2.31. The van der Waals surface area contributed by atoms with Gasteiger partial charge in [-0.15, -0.1) is 6.58 Å². The number of likely N-dealkylation sites (tertiary alicyclic amines) is 1. The van der Waals surface area contributed by atoms with Crippen LogP contribution < -0.4 is 0 Å². The van der Waals surface area contributed by atoms with Crippen LogP contribution in [0.25, 0.3) is 22.6 Å². The summed E-state index contributed by atoms with van der Waals surface area (Å²) in [6.07, 6.45) is 5.19. The van der Waals surface area contributed by atoms with Gasteiger partial charge in [0.05, 0.1) is 23.4 Å². The van der Waals surface area contributed by atoms with Crippen molar-refractivity contribution in [3.63, 3.8) is 0 Å². The number of hydrogen-bond donors (Lipinski definition) is 0. The molecule has 27 heavy (non-hydrogen) atoms. The van der Waals surface area contributed by atoms with Crippen molar-refractivity contribution >= 4 is 0 Å². The third-order valence-corrected chi connectivity index (χ3v) is 5.23. The number of benzene rings is 1. The van der Waals surface area contributed by atoms with Gasteiger partial charge in [-0.25, -0.2) is 4.98 Å². The second-order valence-electron chi connectivity index (χ2n) is 7.33. The average Bonchev–Trinajstić information content (AvgIpc) is 3.30. The Morgan fingerprint density at radius 3 is 2.78 bits per heavy atom. The average molecular weight is 358 g/mol. The third-order valence-electron chi connectivity index (χ3n) is 5.23. The Balaban J connectivity index is 1.70. The molecule has 4 rings (SSSR count). The molecule has 2 aromatic heterocycles. The summed E-state index contributed by atoms with van der Waals surface area (Å²) in [6, 6.07) is 16.6. The van der Waals surface area contributed by atoms with Crippen LogP contribution in [0.3, 0.4) is 0 Å². The fraction of sp³-hybridized carbons (Fsp3) is 0.304. The van der Waals surface area contributed by atoms with Crippen molar-refractivity contribution in [3.05, 3.63) is 73.2 Å². The molecule has 1 aromatic carbocycles. The highest BCUT2D eigenvalue weighted by molar-refractivity contribution is 5.76. The first-order valence-corrected chi connectivity index (χ1v) is 9.62. The first-order chi connectivity index (χ1) is 13.2. The Bertz CT molecular complexity index is 913. The topological polar surface area (TPSA) is 34.0 Å². The molecule has 138 valence electrons. The Morgan fingerprint density at radius 1 is 1.15 bits per heavy atom. The number of nitrogens with zero attached hydrogens (tertiary/aromatic N) is 4. The molecule has 3 heterocycles. The van der Waals surface area contributed by atoms with Gasteiger partial charge in [-0.3, -0.25) is 9.88 Å². The molecule has 4 heteroatoms. The number of aryl methyl sites for hydroxylation is 1. The zero-order valence-electron chi connectivity index (χ0n) is 15.9. The molecule has 3 aromatic rings. The maximum absolute atomic E-state index is 4.80. The molecule has 1 aliphatic rings. The van der Waals surface area contributed by atoms with Gasteiger partial charge in [-0.2, -0.15) is 0 Å². The summed E-state index contributed by atoms with van der Waals surface area (Å²) in [5.41, 5.74) is 5.28. The van der Waals surface area contributed by atoms with Crippen molar-refractivity contribution in [2.24, 2.45) is 5.92 Å². The van der Waals surface area contributed by atoms with Gasteiger partial charge in [0.25, 0.3) is 0 Å². The van der Waals surface area contributed by atoms with E-state index in [0.717, 1.165) is 54.5 Å². The molecule has 1 saturated heterocycles. The SMILES string of the molecule is C=CCN1CC[C@H](Cn2cnc(-c3ccccc3)c2-c2cccc(C)n2)C1. The van der Waals surface area contributed by atoms with Crippen LogP contribution in [0, 0.1) is 12.8 Å². The fourth-order valence-corrected chi connectivity index (χ4v) is 3.96. The molecule has 0 radical (unpaired) electrons. The number of pyridine rings is 1. The summed E-state index contributed by atoms with van der Waals surface area (Å²) in [5, 5.41) is 0. The zero-order valence-corrected chi connectivity index (χ0v) is 15.9. The summed E-state index contributed by atoms with van der Waals surface area (Å²) in [7, 11) is 0. The van der Waals surface area contributed by atoms with Crippen molar-refractivity contribution in [2.45, 2.75) is 19.9 Å². The molecule has 1 atom stereocenters. The molecule has 1 fully saturated rings. The summed E-state index contributed by atoms with van der Waals surface area (Å²) in [6.45, 7) is 10.1. The van der Waals surface area contributed by atoms with Crippen molar-refractivity contribution in [1.82, 2.24) is 19.4 Å². The third kappa shape index (κ3) is 3.86. The lowest BCUT2D eigenvalue weighted by atomic mass is 10.1. The maximum Gasteiger partial charge on any atom is 0.0979 e. The van der Waals surface area contributed by atoms with Gasteiger partial charge < -0.3 is 4.57 Å². The first-order valence-electron chi connectivity index (χ1n) is 9.62. The quantitative estimate of drug-likeness (QED) is 0.611. The van der Waals surface area contributed by atoms with Gasteiger partial charge in [-0.1, -0.05) is 42.5 Å². The first kappa shape index (κ1) is 17.7. The van der Waals surface area contributed by atoms with Crippen LogP contribution >= 0.6 is 0 Å². The Hall–Kier alpha value is -2.72. The van der Waals surface area contributed by atoms with Gasteiger partial charge in [0.1, 0.15) is 0 Å². The van der Waals surface area contributed by atoms with E-state index < -0.39 is 0 Å². The number of aromatic nitrogens is 3. The van der Waals surface area contributed by atoms with Crippen molar-refractivity contribution in [3.8, 4) is 22.6 Å². The molecule has 0 spiro atoms. The lowest BCUT2D eigenvalue weighted by Crippen LogP contribution is -2.22. The molecular weight excluding hydrogens is 332 g/mol. The van der Waals surface area contributed by atoms with Gasteiger partial charge >= 0.3 is 0 Å². The molecular formula is C23H26N4. The summed E-state index contributed by atoms with van der Waals surface area (Å²) in [4.78, 5) is 12.0. The standard InChI is InChI=1S/C23H26N4/c1-3-13-26-14-12-19(15-26)16-27-17-24-22(20-9-5-4-6-10-20)23(27)21-11-7-8-18(2)25-21/h3-11,17,19H,1,12-16H2,2H3/t19-/m0/s1. The van der Waals surface area contributed by atoms with Gasteiger partial charge in [0.15, 0.2) is 0 Å². The molecule has 0 bridgehead atoms. The Kier molecular flexibility index (Phi) is 5.16. The van der Waals surface area contributed by atoms with Crippen molar-refractivity contribution in [1.29, 1.82) is 0 Å². The second-order valence-corrected chi connectivity index (χ2v) is 7.33. The predicted molar refractivity (Wildman–Crippen MR) is 110 cm³/mol. The zero-order chi connectivity index (χ0) is 18.6. The molecule has 0 unspecified atom stereocenters. The molecule has 4 nitrogen and oxygen atoms in total. The second kappa shape index (κ2) is 7.89. The lowest BCUT2D eigenvalue weighted by molar-refractivity contribution is 0.348. The predicted octanol–water partition coefficient (Wildman–Crippen LogP) is 4.43. The largest absolute Gasteiger partial charge is 0.328 e. The monoisotopic (exact) mass is 358 g/mol. The van der Waals surface area contributed by atoms with Crippen molar-refractivity contribution < 1.29 is 0 Å². The number of rotatable bonds is 6. The Labute approximate surface area is 161 Å². The van der Waals surface area contributed by atoms with E-state index in [1.54, 1.807) is 0 Å². The van der Waals surface area contributed by atoms with E-state index in [0.29, 0.717) is 5.92 Å². The molecule has 0 amide bonds. The molecule has 0 aliphatic carbocycles. The summed E-state index contributed by atoms with van der Waals surface area (Å²) in [5.74, 6) is 0.631. The number of hydrogen-bond acceptors (Lipinski definition) is 3. The van der Waals surface area contributed by atoms with Gasteiger partial charge in [0.2, 0.25) is 0 Å². The van der Waals surface area contributed by atoms with E-state index in [2.05, 4.69) is 52.4 Å². The summed E-state index contributed by atoms with van der Waals surface area (Å²) < 4.78 is 2.30. The fourth-order valence-electron chi connectivity index (χ4n) is 3.96. The van der Waals surface area contributed by atoms with Crippen LogP contribution in [0.15, 0.2) is 67.5 Å². The lowest BCUT2D eigenvalue weighted by Gasteiger charge is -2.16. The minimum atomic E-state index is 0.631. The van der Waals surface area contributed by atoms with Crippen LogP contribution in [-0.2, 0) is 6.54 Å². The smallest absolute Gasteiger partial charge is 0.0979 e. The highest BCUT2D eigenvalue weighted by atomic mass is 15.2. The molecule has 1 aliphatic heterocycles. The van der Waals surface area contributed by atoms with Gasteiger partial charge in [0, 0.05) is 30.9 Å². The van der Waals surface area contributed by atoms with E-state index in [4.69, 9.17) is 9.97 Å². The summed E-state index contributed by atoms with van der Waals surface area (Å²) >= 11 is 0. The van der Waals surface area contributed by atoms with E-state index in [1.165, 1.54) is 6.42 Å². The van der Waals surface area contributed by atoms with Gasteiger partial charge in [-0.05, 0) is 37.9 Å². The normalized spacial score (nSPS) is 17.3. The molecule has 0 saturated carbocycles. The van der Waals surface area contributed by atoms with Crippen LogP contribution in [0.5, 0.6) is 0 Å². The van der Waals surface area contributed by atoms with Crippen LogP contribution in [0.1, 0.15) is 12.1 Å². The number of imidazole rings is 1. The highest BCUT2D eigenvalue weighted by Gasteiger charge is 2.24. The minimum absolute atomic E-state index is 0.631. The van der Waals surface area contributed by atoms with E-state index >= 15 is 0 Å². The van der Waals surface area contributed by atoms with E-state index in [9.17, 15) is 0 Å². The van der Waals surface area contributed by atoms with Crippen molar-refractivity contribution in [2.75, 3.05) is 19.6 Å². The van der Waals surface area contributed by atoms with E-state index in [-0.39, 0.29) is 0 Å². The van der Waals surface area contributed by atoms with Crippen LogP contribution in [-0.4, -0.2) is 39.1 Å². The van der Waals surface area contributed by atoms with E-state index in [1.807, 2.05) is 31.5 Å². The molecule has 0 N–H and O–H groups in total. The minimum Gasteiger partial charge on any atom is -0.328 e. The van der Waals surface area contributed by atoms with Crippen LogP contribution in [0.4, 0.5) is 0 Å².